The third-order valence-corrected chi connectivity index (χ3v) is 10.9. The van der Waals surface area contributed by atoms with Gasteiger partial charge in [-0.2, -0.15) is 0 Å². The Balaban J connectivity index is 1.02. The number of hydrogen-bond donors (Lipinski definition) is 2. The summed E-state index contributed by atoms with van der Waals surface area (Å²) in [4.78, 5) is 7.27. The average molecular weight is 600 g/mol. The molecule has 10 heteroatoms. The van der Waals surface area contributed by atoms with Crippen LogP contribution < -0.4 is 10.0 Å². The summed E-state index contributed by atoms with van der Waals surface area (Å²) >= 11 is 0. The van der Waals surface area contributed by atoms with Crippen LogP contribution in [0.25, 0.3) is 28.5 Å². The first-order valence-corrected chi connectivity index (χ1v) is 17.5. The molecule has 2 fully saturated rings. The molecule has 1 saturated carbocycles. The normalized spacial score (nSPS) is 21.6. The Morgan fingerprint density at radius 1 is 0.930 bits per heavy atom. The summed E-state index contributed by atoms with van der Waals surface area (Å²) < 4.78 is 30.7. The van der Waals surface area contributed by atoms with Crippen molar-refractivity contribution in [2.45, 2.75) is 64.5 Å². The zero-order valence-electron chi connectivity index (χ0n) is 24.9. The number of amidine groups is 1. The number of likely N-dealkylation sites (tertiary alicyclic amines) is 1. The molecule has 4 aliphatic rings. The Labute approximate surface area is 254 Å². The summed E-state index contributed by atoms with van der Waals surface area (Å²) in [6.07, 6.45) is 9.63. The molecule has 1 aromatic heterocycles. The van der Waals surface area contributed by atoms with E-state index in [0.717, 1.165) is 91.9 Å². The number of piperidine rings is 1. The monoisotopic (exact) mass is 599 g/mol. The van der Waals surface area contributed by atoms with Gasteiger partial charge in [0, 0.05) is 43.3 Å². The molecule has 43 heavy (non-hydrogen) atoms. The zero-order chi connectivity index (χ0) is 29.4. The maximum absolute atomic E-state index is 12.8. The Hall–Kier alpha value is -3.34. The summed E-state index contributed by atoms with van der Waals surface area (Å²) in [6, 6.07) is 16.8. The number of fused-ring (bicyclic) bond motifs is 5. The molecule has 0 bridgehead atoms. The summed E-state index contributed by atoms with van der Waals surface area (Å²) in [5, 5.41) is 12.9. The first-order chi connectivity index (χ1) is 20.9. The van der Waals surface area contributed by atoms with Crippen molar-refractivity contribution in [3.05, 3.63) is 60.2 Å². The third kappa shape index (κ3) is 6.18. The zero-order valence-corrected chi connectivity index (χ0v) is 25.7. The molecule has 2 aromatic carbocycles. The van der Waals surface area contributed by atoms with Gasteiger partial charge in [0.15, 0.2) is 11.6 Å². The molecule has 9 nitrogen and oxygen atoms in total. The molecule has 4 heterocycles. The highest BCUT2D eigenvalue weighted by molar-refractivity contribution is 7.89. The van der Waals surface area contributed by atoms with E-state index in [-0.39, 0.29) is 6.04 Å². The lowest BCUT2D eigenvalue weighted by Crippen LogP contribution is -2.45. The van der Waals surface area contributed by atoms with Crippen molar-refractivity contribution >= 4 is 27.2 Å². The Kier molecular flexibility index (Phi) is 7.92. The molecule has 7 rings (SSSR count). The van der Waals surface area contributed by atoms with Crippen LogP contribution in [-0.4, -0.2) is 65.3 Å². The van der Waals surface area contributed by atoms with Crippen LogP contribution in [0.2, 0.25) is 0 Å². The topological polar surface area (TPSA) is 105 Å². The van der Waals surface area contributed by atoms with Crippen LogP contribution in [0.3, 0.4) is 0 Å². The van der Waals surface area contributed by atoms with E-state index in [4.69, 9.17) is 4.99 Å². The average Bonchev–Trinajstić information content (AvgIpc) is 3.39. The van der Waals surface area contributed by atoms with Gasteiger partial charge in [-0.1, -0.05) is 68.7 Å². The van der Waals surface area contributed by atoms with E-state index in [2.05, 4.69) is 79.1 Å². The van der Waals surface area contributed by atoms with E-state index < -0.39 is 10.0 Å². The van der Waals surface area contributed by atoms with Gasteiger partial charge in [-0.3, -0.25) is 14.5 Å². The number of aromatic nitrogens is 3. The first kappa shape index (κ1) is 28.4. The van der Waals surface area contributed by atoms with Gasteiger partial charge in [0.2, 0.25) is 10.0 Å². The lowest BCUT2D eigenvalue weighted by Gasteiger charge is -2.32. The van der Waals surface area contributed by atoms with Crippen LogP contribution in [0.15, 0.2) is 59.6 Å². The maximum atomic E-state index is 12.8. The van der Waals surface area contributed by atoms with Gasteiger partial charge >= 0.3 is 0 Å². The number of benzene rings is 2. The quantitative estimate of drug-likeness (QED) is 0.377. The summed E-state index contributed by atoms with van der Waals surface area (Å²) in [6.45, 7) is 5.54. The number of aliphatic imine (C=N–C) groups is 1. The fraction of sp³-hybridized carbons (Fsp3) is 0.485. The molecule has 2 N–H and O–H groups in total. The molecule has 1 unspecified atom stereocenters. The third-order valence-electron chi connectivity index (χ3n) is 9.28. The number of nitrogens with zero attached hydrogens (tertiary/aromatic N) is 5. The number of sulfonamides is 1. The van der Waals surface area contributed by atoms with Crippen molar-refractivity contribution in [1.82, 2.24) is 24.4 Å². The van der Waals surface area contributed by atoms with Crippen LogP contribution in [0, 0.1) is 11.8 Å². The number of para-hydroxylation sites is 1. The molecule has 1 saturated heterocycles. The van der Waals surface area contributed by atoms with E-state index in [1.165, 1.54) is 24.8 Å². The fourth-order valence-corrected chi connectivity index (χ4v) is 8.78. The van der Waals surface area contributed by atoms with Gasteiger partial charge in [0.1, 0.15) is 5.84 Å². The van der Waals surface area contributed by atoms with Crippen molar-refractivity contribution in [2.24, 2.45) is 16.8 Å². The first-order valence-electron chi connectivity index (χ1n) is 15.8. The molecule has 0 amide bonds. The van der Waals surface area contributed by atoms with Crippen LogP contribution in [0.5, 0.6) is 0 Å². The Morgan fingerprint density at radius 3 is 2.47 bits per heavy atom. The number of hydrogen-bond acceptors (Lipinski definition) is 7. The highest BCUT2D eigenvalue weighted by Crippen LogP contribution is 2.37. The molecular weight excluding hydrogens is 558 g/mol. The van der Waals surface area contributed by atoms with E-state index in [1.807, 2.05) is 12.1 Å². The second-order valence-electron chi connectivity index (χ2n) is 12.7. The summed E-state index contributed by atoms with van der Waals surface area (Å²) in [7, 11) is -3.22. The summed E-state index contributed by atoms with van der Waals surface area (Å²) in [5.41, 5.74) is 5.21. The maximum Gasteiger partial charge on any atom is 0.212 e. The number of anilines is 1. The fourth-order valence-electron chi connectivity index (χ4n) is 6.98. The van der Waals surface area contributed by atoms with E-state index in [9.17, 15) is 8.42 Å². The Morgan fingerprint density at radius 2 is 1.67 bits per heavy atom. The predicted octanol–water partition coefficient (Wildman–Crippen LogP) is 5.39. The molecule has 1 aliphatic carbocycles. The number of dihydropyridines is 1. The van der Waals surface area contributed by atoms with Gasteiger partial charge in [-0.05, 0) is 55.2 Å². The molecular formula is C33H41N7O2S. The smallest absolute Gasteiger partial charge is 0.212 e. The second kappa shape index (κ2) is 12.0. The van der Waals surface area contributed by atoms with E-state index in [0.29, 0.717) is 17.6 Å². The SMILES string of the molecule is CC1C=C2C(=NC1)Nc1ccccc1-c1nnc(-c3ccc(CN4CCC(NS(=O)(=O)CC5CCCCC5)CC4)cc3)n12. The molecule has 3 aromatic rings. The van der Waals surface area contributed by atoms with Crippen molar-refractivity contribution in [3.8, 4) is 22.8 Å². The van der Waals surface area contributed by atoms with E-state index >= 15 is 0 Å². The van der Waals surface area contributed by atoms with E-state index in [1.54, 1.807) is 0 Å². The Bertz CT molecular complexity index is 1630. The largest absolute Gasteiger partial charge is 0.338 e. The van der Waals surface area contributed by atoms with Crippen LogP contribution in [0.1, 0.15) is 57.4 Å². The van der Waals surface area contributed by atoms with Crippen molar-refractivity contribution in [3.63, 3.8) is 0 Å². The van der Waals surface area contributed by atoms with Crippen LogP contribution in [0.4, 0.5) is 5.69 Å². The van der Waals surface area contributed by atoms with Crippen molar-refractivity contribution < 1.29 is 8.42 Å². The lowest BCUT2D eigenvalue weighted by atomic mass is 9.91. The lowest BCUT2D eigenvalue weighted by molar-refractivity contribution is 0.200. The minimum Gasteiger partial charge on any atom is -0.338 e. The van der Waals surface area contributed by atoms with Crippen LogP contribution >= 0.6 is 0 Å². The number of rotatable bonds is 7. The standard InChI is InChI=1S/C33H41N7O2S/c1-23-19-30-31(34-20-23)35-29-10-6-5-9-28(29)33-37-36-32(40(30)33)26-13-11-24(12-14-26)21-39-17-15-27(16-18-39)38-43(41,42)22-25-7-3-2-4-8-25/h5-6,9-14,19,23,25,27,38H,2-4,7-8,15-18,20-22H2,1H3,(H,34,35). The summed E-state index contributed by atoms with van der Waals surface area (Å²) in [5.74, 6) is 3.40. The highest BCUT2D eigenvalue weighted by atomic mass is 32.2. The minimum absolute atomic E-state index is 0.0419. The number of nitrogens with one attached hydrogen (secondary N) is 2. The van der Waals surface area contributed by atoms with Crippen molar-refractivity contribution in [2.75, 3.05) is 30.7 Å². The molecule has 1 atom stereocenters. The van der Waals surface area contributed by atoms with Crippen LogP contribution in [-0.2, 0) is 16.6 Å². The second-order valence-corrected chi connectivity index (χ2v) is 14.5. The predicted molar refractivity (Wildman–Crippen MR) is 172 cm³/mol. The van der Waals surface area contributed by atoms with Gasteiger partial charge in [-0.25, -0.2) is 13.1 Å². The van der Waals surface area contributed by atoms with Gasteiger partial charge in [-0.15, -0.1) is 10.2 Å². The highest BCUT2D eigenvalue weighted by Gasteiger charge is 2.30. The molecule has 0 spiro atoms. The van der Waals surface area contributed by atoms with Gasteiger partial charge in [0.05, 0.1) is 17.1 Å². The molecule has 0 radical (unpaired) electrons. The molecule has 3 aliphatic heterocycles. The van der Waals surface area contributed by atoms with Crippen molar-refractivity contribution in [1.29, 1.82) is 0 Å². The molecule has 226 valence electrons. The minimum atomic E-state index is -3.22. The van der Waals surface area contributed by atoms with Gasteiger partial charge in [0.25, 0.3) is 0 Å². The van der Waals surface area contributed by atoms with Gasteiger partial charge < -0.3 is 5.32 Å².